The Hall–Kier alpha value is -3.60. The van der Waals surface area contributed by atoms with Gasteiger partial charge in [0.05, 0.1) is 5.92 Å². The molecule has 5 nitrogen and oxygen atoms in total. The van der Waals surface area contributed by atoms with E-state index in [1.807, 2.05) is 66.7 Å². The monoisotopic (exact) mass is 398 g/mol. The largest absolute Gasteiger partial charge is 0.456 e. The summed E-state index contributed by atoms with van der Waals surface area (Å²) in [6, 6.07) is 21.4. The fourth-order valence-corrected chi connectivity index (χ4v) is 4.24. The van der Waals surface area contributed by atoms with E-state index in [1.165, 1.54) is 0 Å². The first kappa shape index (κ1) is 18.4. The Morgan fingerprint density at radius 3 is 2.67 bits per heavy atom. The number of amides is 2. The molecule has 1 fully saturated rings. The summed E-state index contributed by atoms with van der Waals surface area (Å²) in [4.78, 5) is 27.2. The summed E-state index contributed by atoms with van der Waals surface area (Å²) in [5, 5.41) is 5.03. The van der Waals surface area contributed by atoms with Crippen LogP contribution in [0.1, 0.15) is 18.9 Å². The molecule has 150 valence electrons. The van der Waals surface area contributed by atoms with Gasteiger partial charge in [0.25, 0.3) is 0 Å². The highest BCUT2D eigenvalue weighted by Gasteiger charge is 2.35. The Labute approximate surface area is 174 Å². The molecule has 0 radical (unpaired) electrons. The lowest BCUT2D eigenvalue weighted by Crippen LogP contribution is -2.28. The van der Waals surface area contributed by atoms with E-state index in [0.29, 0.717) is 12.2 Å². The molecule has 1 aliphatic heterocycles. The maximum atomic E-state index is 12.9. The summed E-state index contributed by atoms with van der Waals surface area (Å²) < 4.78 is 5.90. The first-order valence-corrected chi connectivity index (χ1v) is 10.2. The highest BCUT2D eigenvalue weighted by Crippen LogP contribution is 2.32. The van der Waals surface area contributed by atoms with E-state index in [1.54, 1.807) is 4.90 Å². The van der Waals surface area contributed by atoms with Crippen molar-refractivity contribution in [2.75, 3.05) is 16.8 Å². The molecule has 4 aromatic rings. The molecule has 5 heteroatoms. The van der Waals surface area contributed by atoms with Crippen molar-refractivity contribution in [2.24, 2.45) is 5.92 Å². The van der Waals surface area contributed by atoms with Gasteiger partial charge in [-0.15, -0.1) is 0 Å². The number of benzene rings is 3. The number of rotatable bonds is 4. The normalized spacial score (nSPS) is 16.5. The topological polar surface area (TPSA) is 62.6 Å². The molecule has 0 spiro atoms. The molecule has 3 aromatic carbocycles. The van der Waals surface area contributed by atoms with Gasteiger partial charge in [-0.05, 0) is 36.2 Å². The second kappa shape index (κ2) is 7.34. The van der Waals surface area contributed by atoms with Crippen molar-refractivity contribution in [1.82, 2.24) is 0 Å². The Kier molecular flexibility index (Phi) is 4.51. The van der Waals surface area contributed by atoms with Crippen molar-refractivity contribution in [2.45, 2.75) is 19.8 Å². The summed E-state index contributed by atoms with van der Waals surface area (Å²) in [6.45, 7) is 2.46. The van der Waals surface area contributed by atoms with Gasteiger partial charge in [0.1, 0.15) is 11.2 Å². The summed E-state index contributed by atoms with van der Waals surface area (Å²) in [5.74, 6) is -0.534. The van der Waals surface area contributed by atoms with E-state index >= 15 is 0 Å². The van der Waals surface area contributed by atoms with E-state index in [9.17, 15) is 9.59 Å². The lowest BCUT2D eigenvalue weighted by molar-refractivity contribution is -0.122. The molecule has 0 saturated carbocycles. The Balaban J connectivity index is 1.35. The highest BCUT2D eigenvalue weighted by atomic mass is 16.3. The number of para-hydroxylation sites is 2. The van der Waals surface area contributed by atoms with E-state index < -0.39 is 0 Å². The van der Waals surface area contributed by atoms with Crippen LogP contribution in [0, 0.1) is 5.92 Å². The van der Waals surface area contributed by atoms with Crippen LogP contribution in [0.3, 0.4) is 0 Å². The van der Waals surface area contributed by atoms with E-state index in [-0.39, 0.29) is 24.2 Å². The smallest absolute Gasteiger partial charge is 0.229 e. The molecule has 30 heavy (non-hydrogen) atoms. The van der Waals surface area contributed by atoms with Crippen molar-refractivity contribution >= 4 is 45.1 Å². The van der Waals surface area contributed by atoms with Gasteiger partial charge < -0.3 is 14.6 Å². The van der Waals surface area contributed by atoms with Crippen LogP contribution in [0.15, 0.2) is 71.1 Å². The number of anilines is 2. The van der Waals surface area contributed by atoms with Gasteiger partial charge in [-0.1, -0.05) is 43.3 Å². The van der Waals surface area contributed by atoms with Crippen LogP contribution in [0.25, 0.3) is 21.9 Å². The lowest BCUT2D eigenvalue weighted by Gasteiger charge is -2.20. The molecule has 1 N–H and O–H groups in total. The average Bonchev–Trinajstić information content (AvgIpc) is 3.33. The summed E-state index contributed by atoms with van der Waals surface area (Å²) in [7, 11) is 0. The second-order valence-electron chi connectivity index (χ2n) is 7.69. The minimum Gasteiger partial charge on any atom is -0.456 e. The molecule has 1 aromatic heterocycles. The zero-order valence-electron chi connectivity index (χ0n) is 16.7. The van der Waals surface area contributed by atoms with Crippen LogP contribution >= 0.6 is 0 Å². The third-order valence-corrected chi connectivity index (χ3v) is 5.81. The Morgan fingerprint density at radius 2 is 1.80 bits per heavy atom. The fraction of sp³-hybridized carbons (Fsp3) is 0.200. The fourth-order valence-electron chi connectivity index (χ4n) is 4.24. The van der Waals surface area contributed by atoms with Gasteiger partial charge in [-0.3, -0.25) is 9.59 Å². The maximum absolute atomic E-state index is 12.9. The number of furan rings is 1. The molecule has 5 rings (SSSR count). The quantitative estimate of drug-likeness (QED) is 0.518. The molecule has 1 atom stereocenters. The second-order valence-corrected chi connectivity index (χ2v) is 7.69. The number of hydrogen-bond acceptors (Lipinski definition) is 3. The van der Waals surface area contributed by atoms with E-state index in [2.05, 4.69) is 12.2 Å². The van der Waals surface area contributed by atoms with Crippen LogP contribution in [0.4, 0.5) is 11.4 Å². The standard InChI is InChI=1S/C25H22N2O3/c1-2-16-7-3-5-9-21(16)27-15-17(13-24(27)28)25(29)26-18-11-12-20-19-8-4-6-10-22(19)30-23(20)14-18/h3-12,14,17H,2,13,15H2,1H3,(H,26,29). The van der Waals surface area contributed by atoms with Gasteiger partial charge >= 0.3 is 0 Å². The van der Waals surface area contributed by atoms with Crippen LogP contribution in [0.2, 0.25) is 0 Å². The van der Waals surface area contributed by atoms with Crippen LogP contribution in [0.5, 0.6) is 0 Å². The van der Waals surface area contributed by atoms with Crippen LogP contribution in [-0.4, -0.2) is 18.4 Å². The van der Waals surface area contributed by atoms with E-state index in [4.69, 9.17) is 4.42 Å². The zero-order chi connectivity index (χ0) is 20.7. The summed E-state index contributed by atoms with van der Waals surface area (Å²) in [6.07, 6.45) is 1.06. The number of nitrogens with zero attached hydrogens (tertiary/aromatic N) is 1. The zero-order valence-corrected chi connectivity index (χ0v) is 16.7. The number of carbonyl (C=O) groups excluding carboxylic acids is 2. The molecule has 2 amide bonds. The summed E-state index contributed by atoms with van der Waals surface area (Å²) in [5.41, 5.74) is 4.25. The predicted molar refractivity (Wildman–Crippen MR) is 119 cm³/mol. The number of fused-ring (bicyclic) bond motifs is 3. The van der Waals surface area contributed by atoms with Gasteiger partial charge in [-0.25, -0.2) is 0 Å². The molecule has 0 aliphatic carbocycles. The van der Waals surface area contributed by atoms with Crippen molar-refractivity contribution in [3.63, 3.8) is 0 Å². The lowest BCUT2D eigenvalue weighted by atomic mass is 10.1. The maximum Gasteiger partial charge on any atom is 0.229 e. The predicted octanol–water partition coefficient (Wildman–Crippen LogP) is 5.14. The van der Waals surface area contributed by atoms with Gasteiger partial charge in [0, 0.05) is 41.2 Å². The Morgan fingerprint density at radius 1 is 1.03 bits per heavy atom. The van der Waals surface area contributed by atoms with Crippen molar-refractivity contribution in [1.29, 1.82) is 0 Å². The van der Waals surface area contributed by atoms with Crippen LogP contribution in [-0.2, 0) is 16.0 Å². The number of aryl methyl sites for hydroxylation is 1. The first-order valence-electron chi connectivity index (χ1n) is 10.2. The molecule has 0 bridgehead atoms. The molecule has 1 saturated heterocycles. The van der Waals surface area contributed by atoms with E-state index in [0.717, 1.165) is 39.6 Å². The highest BCUT2D eigenvalue weighted by molar-refractivity contribution is 6.07. The molecular weight excluding hydrogens is 376 g/mol. The van der Waals surface area contributed by atoms with Gasteiger partial charge in [0.15, 0.2) is 0 Å². The van der Waals surface area contributed by atoms with Crippen molar-refractivity contribution < 1.29 is 14.0 Å². The minimum atomic E-state index is -0.381. The van der Waals surface area contributed by atoms with Crippen molar-refractivity contribution in [3.8, 4) is 0 Å². The summed E-state index contributed by atoms with van der Waals surface area (Å²) >= 11 is 0. The number of hydrogen-bond donors (Lipinski definition) is 1. The first-order chi connectivity index (χ1) is 14.6. The number of nitrogens with one attached hydrogen (secondary N) is 1. The van der Waals surface area contributed by atoms with Crippen LogP contribution < -0.4 is 10.2 Å². The molecular formula is C25H22N2O3. The third-order valence-electron chi connectivity index (χ3n) is 5.81. The van der Waals surface area contributed by atoms with Gasteiger partial charge in [0.2, 0.25) is 11.8 Å². The van der Waals surface area contributed by atoms with Gasteiger partial charge in [-0.2, -0.15) is 0 Å². The molecule has 1 unspecified atom stereocenters. The molecule has 1 aliphatic rings. The SMILES string of the molecule is CCc1ccccc1N1CC(C(=O)Nc2ccc3c(c2)oc2ccccc23)CC1=O. The average molecular weight is 398 g/mol. The van der Waals surface area contributed by atoms with Crippen molar-refractivity contribution in [3.05, 3.63) is 72.3 Å². The number of carbonyl (C=O) groups is 2. The third kappa shape index (κ3) is 3.12. The minimum absolute atomic E-state index is 0.0104. The Bertz CT molecular complexity index is 1270. The molecule has 2 heterocycles.